The number of hydrogen-bond donors (Lipinski definition) is 3. The molecule has 0 unspecified atom stereocenters. The number of likely N-dealkylation sites (tertiary alicyclic amines) is 1. The average molecular weight is 705 g/mol. The third kappa shape index (κ3) is 8.47. The minimum atomic E-state index is -1.50. The highest BCUT2D eigenvalue weighted by Gasteiger charge is 2.61. The molecule has 50 heavy (non-hydrogen) atoms. The molecule has 3 N–H and O–H groups in total. The lowest BCUT2D eigenvalue weighted by Crippen LogP contribution is -2.56. The number of nitrogens with zero attached hydrogens (tertiary/aromatic N) is 4. The molecular weight excluding hydrogens is 660 g/mol. The number of fused-ring (bicyclic) bond motifs is 1. The average Bonchev–Trinajstić information content (AvgIpc) is 3.36. The zero-order valence-corrected chi connectivity index (χ0v) is 29.4. The molecule has 5 atom stereocenters. The van der Waals surface area contributed by atoms with E-state index in [0.717, 1.165) is 19.3 Å². The Balaban J connectivity index is 1.44. The van der Waals surface area contributed by atoms with E-state index in [2.05, 4.69) is 38.7 Å². The van der Waals surface area contributed by atoms with Crippen LogP contribution in [0, 0.1) is 5.92 Å². The summed E-state index contributed by atoms with van der Waals surface area (Å²) in [5.41, 5.74) is -1.09. The second-order valence-corrected chi connectivity index (χ2v) is 14.5. The van der Waals surface area contributed by atoms with Gasteiger partial charge in [0.2, 0.25) is 17.7 Å². The Bertz CT molecular complexity index is 1740. The van der Waals surface area contributed by atoms with E-state index in [1.165, 1.54) is 22.3 Å². The maximum absolute atomic E-state index is 14.4. The van der Waals surface area contributed by atoms with Gasteiger partial charge in [-0.3, -0.25) is 14.6 Å². The van der Waals surface area contributed by atoms with Crippen LogP contribution in [0.2, 0.25) is 0 Å². The molecule has 14 heteroatoms. The van der Waals surface area contributed by atoms with Crippen LogP contribution < -0.4 is 15.4 Å². The summed E-state index contributed by atoms with van der Waals surface area (Å²) >= 11 is 1.40. The fourth-order valence-corrected chi connectivity index (χ4v) is 6.86. The molecule has 0 spiro atoms. The van der Waals surface area contributed by atoms with Crippen molar-refractivity contribution >= 4 is 45.4 Å². The Morgan fingerprint density at radius 3 is 2.62 bits per heavy atom. The van der Waals surface area contributed by atoms with Crippen LogP contribution in [-0.2, 0) is 19.1 Å². The summed E-state index contributed by atoms with van der Waals surface area (Å²) in [7, 11) is 0. The van der Waals surface area contributed by atoms with Crippen LogP contribution in [0.3, 0.4) is 0 Å². The first-order valence-corrected chi connectivity index (χ1v) is 17.7. The normalized spacial score (nSPS) is 22.0. The van der Waals surface area contributed by atoms with E-state index in [1.54, 1.807) is 39.1 Å². The van der Waals surface area contributed by atoms with Crippen molar-refractivity contribution in [1.82, 2.24) is 30.5 Å². The van der Waals surface area contributed by atoms with E-state index in [-0.39, 0.29) is 25.3 Å². The van der Waals surface area contributed by atoms with E-state index in [9.17, 15) is 24.3 Å². The Labute approximate surface area is 295 Å². The number of carbonyl (C=O) groups excluding carboxylic acids is 3. The molecule has 1 saturated carbocycles. The van der Waals surface area contributed by atoms with Crippen molar-refractivity contribution in [1.29, 1.82) is 0 Å². The molecule has 13 nitrogen and oxygen atoms in total. The highest BCUT2D eigenvalue weighted by atomic mass is 32.1. The van der Waals surface area contributed by atoms with E-state index in [1.807, 2.05) is 23.6 Å². The van der Waals surface area contributed by atoms with Gasteiger partial charge in [-0.2, -0.15) is 4.98 Å². The molecular formula is C36H44N6O7S. The van der Waals surface area contributed by atoms with Crippen LogP contribution in [0.5, 0.6) is 5.88 Å². The van der Waals surface area contributed by atoms with Gasteiger partial charge in [-0.1, -0.05) is 31.1 Å². The summed E-state index contributed by atoms with van der Waals surface area (Å²) in [6, 6.07) is 5.16. The zero-order valence-electron chi connectivity index (χ0n) is 28.6. The number of amides is 3. The van der Waals surface area contributed by atoms with Crippen molar-refractivity contribution in [2.75, 3.05) is 6.54 Å². The lowest BCUT2D eigenvalue weighted by atomic mass is 10.0. The number of aliphatic carboxylic acids is 1. The van der Waals surface area contributed by atoms with Crippen molar-refractivity contribution in [2.45, 2.75) is 95.0 Å². The van der Waals surface area contributed by atoms with Gasteiger partial charge in [0, 0.05) is 18.5 Å². The highest BCUT2D eigenvalue weighted by Crippen LogP contribution is 2.45. The Hall–Kier alpha value is -4.85. The van der Waals surface area contributed by atoms with Crippen molar-refractivity contribution < 1.29 is 33.8 Å². The summed E-state index contributed by atoms with van der Waals surface area (Å²) in [5.74, 6) is -2.10. The molecule has 0 bridgehead atoms. The second kappa shape index (κ2) is 15.4. The molecule has 2 fully saturated rings. The lowest BCUT2D eigenvalue weighted by Gasteiger charge is -2.30. The summed E-state index contributed by atoms with van der Waals surface area (Å²) in [4.78, 5) is 68.5. The van der Waals surface area contributed by atoms with Crippen LogP contribution in [0.1, 0.15) is 65.7 Å². The predicted octanol–water partition coefficient (Wildman–Crippen LogP) is 5.28. The van der Waals surface area contributed by atoms with Crippen molar-refractivity contribution in [2.24, 2.45) is 5.92 Å². The maximum Gasteiger partial charge on any atom is 0.408 e. The molecule has 1 aliphatic heterocycles. The molecule has 266 valence electrons. The quantitative estimate of drug-likeness (QED) is 0.140. The van der Waals surface area contributed by atoms with Crippen LogP contribution in [0.15, 0.2) is 61.2 Å². The predicted molar refractivity (Wildman–Crippen MR) is 188 cm³/mol. The Morgan fingerprint density at radius 1 is 1.16 bits per heavy atom. The Kier molecular flexibility index (Phi) is 11.2. The first kappa shape index (κ1) is 36.4. The number of rotatable bonds is 15. The number of carboxylic acids is 1. The number of alkyl carbamates (subject to hydrolysis) is 1. The lowest BCUT2D eigenvalue weighted by molar-refractivity contribution is -0.145. The number of allylic oxidation sites excluding steroid dienone is 1. The number of nitrogens with one attached hydrogen (secondary N) is 2. The third-order valence-corrected chi connectivity index (χ3v) is 9.60. The maximum atomic E-state index is 14.4. The van der Waals surface area contributed by atoms with Crippen LogP contribution in [0.4, 0.5) is 4.79 Å². The number of carbonyl (C=O) groups is 4. The molecule has 3 aromatic rings. The fraction of sp³-hybridized carbons (Fsp3) is 0.472. The number of pyridine rings is 1. The first-order chi connectivity index (χ1) is 23.8. The summed E-state index contributed by atoms with van der Waals surface area (Å²) < 4.78 is 12.6. The minimum Gasteiger partial charge on any atom is -0.479 e. The molecule has 0 aromatic carbocycles. The van der Waals surface area contributed by atoms with E-state index >= 15 is 0 Å². The fourth-order valence-electron chi connectivity index (χ4n) is 6.10. The van der Waals surface area contributed by atoms with Gasteiger partial charge in [-0.15, -0.1) is 24.5 Å². The molecule has 2 aliphatic rings. The first-order valence-electron chi connectivity index (χ1n) is 16.8. The van der Waals surface area contributed by atoms with Crippen LogP contribution >= 0.6 is 11.3 Å². The van der Waals surface area contributed by atoms with Gasteiger partial charge in [-0.05, 0) is 70.0 Å². The van der Waals surface area contributed by atoms with Gasteiger partial charge in [0.05, 0.1) is 12.1 Å². The Morgan fingerprint density at radius 2 is 1.96 bits per heavy atom. The molecule has 3 aromatic heterocycles. The number of ether oxygens (including phenoxy) is 2. The van der Waals surface area contributed by atoms with Gasteiger partial charge in [-0.25, -0.2) is 14.6 Å². The molecule has 3 amide bonds. The van der Waals surface area contributed by atoms with Gasteiger partial charge in [0.1, 0.15) is 39.7 Å². The largest absolute Gasteiger partial charge is 0.479 e. The zero-order chi connectivity index (χ0) is 36.1. The van der Waals surface area contributed by atoms with E-state index < -0.39 is 59.1 Å². The minimum absolute atomic E-state index is 0.0133. The van der Waals surface area contributed by atoms with Gasteiger partial charge in [0.25, 0.3) is 0 Å². The number of carboxylic acid groups (broad SMARTS) is 1. The van der Waals surface area contributed by atoms with Crippen molar-refractivity contribution in [3.63, 3.8) is 0 Å². The van der Waals surface area contributed by atoms with E-state index in [4.69, 9.17) is 9.47 Å². The third-order valence-electron chi connectivity index (χ3n) is 8.71. The van der Waals surface area contributed by atoms with E-state index in [0.29, 0.717) is 34.6 Å². The molecule has 1 aliphatic carbocycles. The summed E-state index contributed by atoms with van der Waals surface area (Å²) in [6.07, 6.45) is 7.20. The second-order valence-electron chi connectivity index (χ2n) is 13.6. The SMILES string of the molecule is C=CCCCCC[C@H](NC(=O)OC(C)(C)C)C(=O)N1C[C@H](Oc2nc(-c3ccccn3)nc3ccsc23)C[C@H]1C(=O)N[C@]1(C(=O)O)C[C@H]1C=C. The molecule has 0 radical (unpaired) electrons. The van der Waals surface area contributed by atoms with Crippen LogP contribution in [0.25, 0.3) is 21.7 Å². The van der Waals surface area contributed by atoms with Crippen molar-refractivity contribution in [3.8, 4) is 17.4 Å². The molecule has 4 heterocycles. The van der Waals surface area contributed by atoms with Gasteiger partial charge < -0.3 is 30.1 Å². The monoisotopic (exact) mass is 704 g/mol. The summed E-state index contributed by atoms with van der Waals surface area (Å²) in [6.45, 7) is 12.6. The van der Waals surface area contributed by atoms with Crippen LogP contribution in [-0.4, -0.2) is 84.7 Å². The van der Waals surface area contributed by atoms with Crippen molar-refractivity contribution in [3.05, 3.63) is 61.2 Å². The smallest absolute Gasteiger partial charge is 0.408 e. The number of thiophene rings is 1. The standard InChI is InChI=1S/C36H44N6O7S/c1-6-8-9-10-11-15-26(39-34(47)49-35(3,4)5)32(44)42-21-23(19-27(42)30(43)41-36(33(45)46)20-22(36)7-2)48-31-28-24(16-18-50-28)38-29(40-31)25-14-12-13-17-37-25/h6-7,12-14,16-18,22-23,26-27H,1-2,8-11,15,19-21H2,3-5H3,(H,39,47)(H,41,43)(H,45,46)/t22-,23-,26+,27+,36-/m1/s1. The molecule has 5 rings (SSSR count). The topological polar surface area (TPSA) is 173 Å². The molecule has 1 saturated heterocycles. The van der Waals surface area contributed by atoms with Gasteiger partial charge in [0.15, 0.2) is 5.82 Å². The number of aromatic nitrogens is 3. The number of hydrogen-bond acceptors (Lipinski definition) is 10. The summed E-state index contributed by atoms with van der Waals surface area (Å²) in [5, 5.41) is 17.3. The number of unbranched alkanes of at least 4 members (excludes halogenated alkanes) is 3. The highest BCUT2D eigenvalue weighted by molar-refractivity contribution is 7.17. The van der Waals surface area contributed by atoms with Gasteiger partial charge >= 0.3 is 12.1 Å².